The number of thioether (sulfide) groups is 1. The average Bonchev–Trinajstić information content (AvgIpc) is 3.45. The van der Waals surface area contributed by atoms with Gasteiger partial charge in [0.1, 0.15) is 6.04 Å². The van der Waals surface area contributed by atoms with Gasteiger partial charge in [0.05, 0.1) is 10.7 Å². The molecule has 0 heterocycles. The summed E-state index contributed by atoms with van der Waals surface area (Å²) in [5.41, 5.74) is 2.66. The van der Waals surface area contributed by atoms with Crippen LogP contribution in [0.25, 0.3) is 0 Å². The van der Waals surface area contributed by atoms with Gasteiger partial charge in [-0.05, 0) is 35.6 Å². The van der Waals surface area contributed by atoms with E-state index in [9.17, 15) is 19.7 Å². The molecule has 7 nitrogen and oxygen atoms in total. The highest BCUT2D eigenvalue weighted by Crippen LogP contribution is 2.24. The Labute approximate surface area is 238 Å². The lowest BCUT2D eigenvalue weighted by Gasteiger charge is -2.32. The van der Waals surface area contributed by atoms with Gasteiger partial charge in [-0.2, -0.15) is 0 Å². The Bertz CT molecular complexity index is 1270. The standard InChI is InChI=1S/C30H32ClN3O4S/c31-27-13-7-4-10-24(27)19-33(29(35)21-39-20-23-14-16-26(17-15-23)34(37)38)28(18-22-8-2-1-3-9-22)30(36)32-25-11-5-6-12-25/h1-4,7-10,13-17,25,28H,5-6,11-12,18-21H2,(H,32,36)/t28-/m1/s1. The van der Waals surface area contributed by atoms with E-state index in [0.29, 0.717) is 17.2 Å². The zero-order valence-corrected chi connectivity index (χ0v) is 23.2. The maximum absolute atomic E-state index is 13.8. The third kappa shape index (κ3) is 8.31. The van der Waals surface area contributed by atoms with E-state index in [-0.39, 0.29) is 35.8 Å². The second-order valence-corrected chi connectivity index (χ2v) is 11.1. The van der Waals surface area contributed by atoms with Crippen molar-refractivity contribution in [3.05, 3.63) is 111 Å². The molecule has 9 heteroatoms. The SMILES string of the molecule is O=C(NC1CCCC1)[C@@H](Cc1ccccc1)N(Cc1ccccc1Cl)C(=O)CSCc1ccc([N+](=O)[O-])cc1. The minimum Gasteiger partial charge on any atom is -0.352 e. The Morgan fingerprint density at radius 2 is 1.64 bits per heavy atom. The molecule has 1 aliphatic carbocycles. The van der Waals surface area contributed by atoms with Crippen molar-refractivity contribution in [3.8, 4) is 0 Å². The molecule has 0 radical (unpaired) electrons. The van der Waals surface area contributed by atoms with E-state index in [1.165, 1.54) is 23.9 Å². The molecule has 204 valence electrons. The first-order valence-corrected chi connectivity index (χ1v) is 14.6. The molecule has 4 rings (SSSR count). The van der Waals surface area contributed by atoms with E-state index < -0.39 is 11.0 Å². The molecule has 0 aliphatic heterocycles. The molecule has 3 aromatic carbocycles. The molecular weight excluding hydrogens is 534 g/mol. The predicted molar refractivity (Wildman–Crippen MR) is 156 cm³/mol. The van der Waals surface area contributed by atoms with Crippen LogP contribution in [0.5, 0.6) is 0 Å². The van der Waals surface area contributed by atoms with Crippen LogP contribution in [0.4, 0.5) is 5.69 Å². The first-order chi connectivity index (χ1) is 18.9. The fourth-order valence-corrected chi connectivity index (χ4v) is 5.85. The lowest BCUT2D eigenvalue weighted by molar-refractivity contribution is -0.384. The van der Waals surface area contributed by atoms with Crippen LogP contribution in [-0.2, 0) is 28.3 Å². The molecule has 1 aliphatic rings. The maximum Gasteiger partial charge on any atom is 0.269 e. The molecule has 1 N–H and O–H groups in total. The fourth-order valence-electron chi connectivity index (χ4n) is 4.78. The Morgan fingerprint density at radius 3 is 2.31 bits per heavy atom. The van der Waals surface area contributed by atoms with E-state index >= 15 is 0 Å². The number of non-ortho nitro benzene ring substituents is 1. The molecule has 1 atom stereocenters. The van der Waals surface area contributed by atoms with Crippen molar-refractivity contribution in [2.45, 2.75) is 56.5 Å². The van der Waals surface area contributed by atoms with Crippen molar-refractivity contribution in [2.75, 3.05) is 5.75 Å². The van der Waals surface area contributed by atoms with Gasteiger partial charge in [0, 0.05) is 41.9 Å². The highest BCUT2D eigenvalue weighted by molar-refractivity contribution is 7.99. The third-order valence-electron chi connectivity index (χ3n) is 6.91. The molecule has 0 bridgehead atoms. The number of nitrogens with zero attached hydrogens (tertiary/aromatic N) is 2. The van der Waals surface area contributed by atoms with Crippen molar-refractivity contribution in [1.82, 2.24) is 10.2 Å². The van der Waals surface area contributed by atoms with Crippen molar-refractivity contribution in [1.29, 1.82) is 0 Å². The second kappa shape index (κ2) is 14.1. The lowest BCUT2D eigenvalue weighted by Crippen LogP contribution is -2.52. The summed E-state index contributed by atoms with van der Waals surface area (Å²) >= 11 is 7.90. The molecule has 3 aromatic rings. The highest BCUT2D eigenvalue weighted by atomic mass is 35.5. The number of carbonyl (C=O) groups excluding carboxylic acids is 2. The monoisotopic (exact) mass is 565 g/mol. The number of hydrogen-bond donors (Lipinski definition) is 1. The van der Waals surface area contributed by atoms with Gasteiger partial charge in [-0.1, -0.05) is 85.1 Å². The fraction of sp³-hybridized carbons (Fsp3) is 0.333. The normalized spacial score (nSPS) is 14.1. The van der Waals surface area contributed by atoms with Gasteiger partial charge in [-0.25, -0.2) is 0 Å². The smallest absolute Gasteiger partial charge is 0.269 e. The molecule has 0 spiro atoms. The minimum absolute atomic E-state index is 0.0303. The Kier molecular flexibility index (Phi) is 10.4. The molecular formula is C30H32ClN3O4S. The summed E-state index contributed by atoms with van der Waals surface area (Å²) < 4.78 is 0. The van der Waals surface area contributed by atoms with Crippen LogP contribution >= 0.6 is 23.4 Å². The Balaban J connectivity index is 1.55. The van der Waals surface area contributed by atoms with E-state index in [4.69, 9.17) is 11.6 Å². The van der Waals surface area contributed by atoms with Crippen molar-refractivity contribution >= 4 is 40.9 Å². The van der Waals surface area contributed by atoms with Crippen LogP contribution in [-0.4, -0.2) is 39.5 Å². The summed E-state index contributed by atoms with van der Waals surface area (Å²) in [6.45, 7) is 0.214. The summed E-state index contributed by atoms with van der Waals surface area (Å²) in [5, 5.41) is 14.7. The molecule has 0 aromatic heterocycles. The van der Waals surface area contributed by atoms with Crippen LogP contribution < -0.4 is 5.32 Å². The molecule has 1 saturated carbocycles. The number of amides is 2. The first kappa shape index (κ1) is 28.6. The van der Waals surface area contributed by atoms with E-state index in [1.54, 1.807) is 23.1 Å². The number of nitro benzene ring substituents is 1. The predicted octanol–water partition coefficient (Wildman–Crippen LogP) is 6.18. The van der Waals surface area contributed by atoms with E-state index in [2.05, 4.69) is 5.32 Å². The summed E-state index contributed by atoms with van der Waals surface area (Å²) in [7, 11) is 0. The third-order valence-corrected chi connectivity index (χ3v) is 8.27. The largest absolute Gasteiger partial charge is 0.352 e. The number of nitrogens with one attached hydrogen (secondary N) is 1. The summed E-state index contributed by atoms with van der Waals surface area (Å²) in [6.07, 6.45) is 4.48. The second-order valence-electron chi connectivity index (χ2n) is 9.72. The minimum atomic E-state index is -0.697. The summed E-state index contributed by atoms with van der Waals surface area (Å²) in [5.74, 6) is 0.362. The van der Waals surface area contributed by atoms with E-state index in [0.717, 1.165) is 42.4 Å². The number of nitro groups is 1. The van der Waals surface area contributed by atoms with Crippen LogP contribution in [0.1, 0.15) is 42.4 Å². The Hall–Kier alpha value is -3.36. The van der Waals surface area contributed by atoms with Crippen molar-refractivity contribution in [2.24, 2.45) is 0 Å². The quantitative estimate of drug-likeness (QED) is 0.209. The van der Waals surface area contributed by atoms with Crippen molar-refractivity contribution in [3.63, 3.8) is 0 Å². The molecule has 0 unspecified atom stereocenters. The topological polar surface area (TPSA) is 92.6 Å². The average molecular weight is 566 g/mol. The van der Waals surface area contributed by atoms with Gasteiger partial charge in [0.2, 0.25) is 11.8 Å². The molecule has 1 fully saturated rings. The zero-order valence-electron chi connectivity index (χ0n) is 21.6. The van der Waals surface area contributed by atoms with Gasteiger partial charge in [0.15, 0.2) is 0 Å². The van der Waals surface area contributed by atoms with Crippen LogP contribution in [0.2, 0.25) is 5.02 Å². The van der Waals surface area contributed by atoms with Crippen LogP contribution in [0.3, 0.4) is 0 Å². The summed E-state index contributed by atoms with van der Waals surface area (Å²) in [4.78, 5) is 39.6. The lowest BCUT2D eigenvalue weighted by atomic mass is 10.0. The molecule has 0 saturated heterocycles. The van der Waals surface area contributed by atoms with Gasteiger partial charge in [-0.3, -0.25) is 19.7 Å². The Morgan fingerprint density at radius 1 is 0.974 bits per heavy atom. The number of carbonyl (C=O) groups is 2. The number of hydrogen-bond acceptors (Lipinski definition) is 5. The molecule has 2 amide bonds. The summed E-state index contributed by atoms with van der Waals surface area (Å²) in [6, 6.07) is 22.9. The first-order valence-electron chi connectivity index (χ1n) is 13.1. The van der Waals surface area contributed by atoms with E-state index in [1.807, 2.05) is 48.5 Å². The maximum atomic E-state index is 13.8. The zero-order chi connectivity index (χ0) is 27.6. The van der Waals surface area contributed by atoms with Gasteiger partial charge in [0.25, 0.3) is 5.69 Å². The highest BCUT2D eigenvalue weighted by Gasteiger charge is 2.32. The van der Waals surface area contributed by atoms with Crippen LogP contribution in [0.15, 0.2) is 78.9 Å². The van der Waals surface area contributed by atoms with Gasteiger partial charge < -0.3 is 10.2 Å². The number of benzene rings is 3. The number of rotatable bonds is 12. The number of halogens is 1. The van der Waals surface area contributed by atoms with Crippen molar-refractivity contribution < 1.29 is 14.5 Å². The van der Waals surface area contributed by atoms with Crippen LogP contribution in [0, 0.1) is 10.1 Å². The van der Waals surface area contributed by atoms with Gasteiger partial charge in [-0.15, -0.1) is 11.8 Å². The van der Waals surface area contributed by atoms with Gasteiger partial charge >= 0.3 is 0 Å². The molecule has 39 heavy (non-hydrogen) atoms.